The summed E-state index contributed by atoms with van der Waals surface area (Å²) in [6.07, 6.45) is -8.94. The molecule has 0 aromatic rings. The Balaban J connectivity index is 2.51. The summed E-state index contributed by atoms with van der Waals surface area (Å²) >= 11 is 0. The zero-order valence-electron chi connectivity index (χ0n) is 17.7. The molecule has 168 valence electrons. The molecule has 0 aromatic carbocycles. The minimum absolute atomic E-state index is 0.631. The van der Waals surface area contributed by atoms with Crippen molar-refractivity contribution in [2.75, 3.05) is 6.61 Å². The van der Waals surface area contributed by atoms with E-state index in [0.717, 1.165) is 0 Å². The number of aliphatic hydroxyl groups excluding tert-OH is 5. The molecular formula is C20H34O9. The van der Waals surface area contributed by atoms with Gasteiger partial charge in [0.05, 0.1) is 18.1 Å². The number of ketones is 1. The summed E-state index contributed by atoms with van der Waals surface area (Å²) in [5, 5.41) is 62.0. The molecule has 8 atom stereocenters. The van der Waals surface area contributed by atoms with Crippen molar-refractivity contribution in [2.24, 2.45) is 10.8 Å². The van der Waals surface area contributed by atoms with Crippen molar-refractivity contribution >= 4 is 5.78 Å². The molecule has 9 heteroatoms. The number of Topliss-reactive ketones (excluding diaryl/α,β-unsaturated/α-hetero) is 1. The monoisotopic (exact) mass is 418 g/mol. The largest absolute Gasteiger partial charge is 0.394 e. The van der Waals surface area contributed by atoms with Crippen LogP contribution in [0.2, 0.25) is 0 Å². The lowest BCUT2D eigenvalue weighted by atomic mass is 9.55. The van der Waals surface area contributed by atoms with E-state index in [2.05, 4.69) is 0 Å². The van der Waals surface area contributed by atoms with E-state index in [0.29, 0.717) is 5.57 Å². The smallest absolute Gasteiger partial charge is 0.187 e. The van der Waals surface area contributed by atoms with Crippen LogP contribution in [0.1, 0.15) is 41.5 Å². The van der Waals surface area contributed by atoms with Crippen LogP contribution in [0.4, 0.5) is 0 Å². The lowest BCUT2D eigenvalue weighted by Gasteiger charge is -2.56. The van der Waals surface area contributed by atoms with Crippen LogP contribution < -0.4 is 0 Å². The van der Waals surface area contributed by atoms with E-state index in [4.69, 9.17) is 9.47 Å². The Kier molecular flexibility index (Phi) is 6.70. The van der Waals surface area contributed by atoms with Crippen LogP contribution in [0.5, 0.6) is 0 Å². The highest BCUT2D eigenvalue weighted by atomic mass is 16.7. The normalized spacial score (nSPS) is 44.4. The first-order valence-corrected chi connectivity index (χ1v) is 9.69. The Hall–Kier alpha value is -0.910. The second-order valence-corrected chi connectivity index (χ2v) is 9.54. The third-order valence-electron chi connectivity index (χ3n) is 6.04. The molecule has 1 aliphatic carbocycles. The van der Waals surface area contributed by atoms with Crippen molar-refractivity contribution in [2.45, 2.75) is 90.1 Å². The first kappa shape index (κ1) is 24.4. The lowest BCUT2D eigenvalue weighted by molar-refractivity contribution is -0.338. The van der Waals surface area contributed by atoms with Crippen LogP contribution in [-0.4, -0.2) is 91.5 Å². The van der Waals surface area contributed by atoms with Crippen molar-refractivity contribution in [3.8, 4) is 0 Å². The van der Waals surface area contributed by atoms with E-state index in [1.807, 2.05) is 0 Å². The topological polar surface area (TPSA) is 157 Å². The highest BCUT2D eigenvalue weighted by Gasteiger charge is 2.66. The van der Waals surface area contributed by atoms with Crippen LogP contribution in [-0.2, 0) is 14.3 Å². The molecule has 9 nitrogen and oxygen atoms in total. The second kappa shape index (κ2) is 7.97. The maximum absolute atomic E-state index is 13.2. The summed E-state index contributed by atoms with van der Waals surface area (Å²) in [7, 11) is 0. The zero-order valence-corrected chi connectivity index (χ0v) is 17.7. The molecule has 2 aliphatic rings. The number of allylic oxidation sites excluding steroid dienone is 1. The van der Waals surface area contributed by atoms with E-state index in [-0.39, 0.29) is 0 Å². The molecule has 6 N–H and O–H groups in total. The van der Waals surface area contributed by atoms with Crippen LogP contribution >= 0.6 is 0 Å². The average molecular weight is 418 g/mol. The molecule has 1 heterocycles. The van der Waals surface area contributed by atoms with E-state index in [1.54, 1.807) is 27.7 Å². The Morgan fingerprint density at radius 2 is 1.62 bits per heavy atom. The molecule has 0 radical (unpaired) electrons. The van der Waals surface area contributed by atoms with Crippen LogP contribution in [0, 0.1) is 10.8 Å². The predicted molar refractivity (Wildman–Crippen MR) is 102 cm³/mol. The van der Waals surface area contributed by atoms with Crippen molar-refractivity contribution in [3.05, 3.63) is 11.6 Å². The van der Waals surface area contributed by atoms with Gasteiger partial charge in [-0.15, -0.1) is 0 Å². The summed E-state index contributed by atoms with van der Waals surface area (Å²) in [5.41, 5.74) is -3.99. The Labute approximate surface area is 170 Å². The number of ether oxygens (including phenoxy) is 2. The van der Waals surface area contributed by atoms with Gasteiger partial charge in [0.2, 0.25) is 0 Å². The SMILES string of the molecule is CC(C)=C[C@]1(O)C(=O)C(C)(C)[C@@H](O)C(C)(C)[C@@H]1O[C@@H]1O[C@H](CO)[C@@H](O)[C@H](O)[C@H]1O. The van der Waals surface area contributed by atoms with Crippen molar-refractivity contribution in [1.82, 2.24) is 0 Å². The molecule has 2 fully saturated rings. The summed E-state index contributed by atoms with van der Waals surface area (Å²) in [6.45, 7) is 9.05. The van der Waals surface area contributed by atoms with Gasteiger partial charge in [-0.05, 0) is 19.9 Å². The Bertz CT molecular complexity index is 652. The Morgan fingerprint density at radius 1 is 1.07 bits per heavy atom. The number of hydrogen-bond acceptors (Lipinski definition) is 9. The van der Waals surface area contributed by atoms with E-state index >= 15 is 0 Å². The fourth-order valence-electron chi connectivity index (χ4n) is 4.57. The minimum Gasteiger partial charge on any atom is -0.394 e. The second-order valence-electron chi connectivity index (χ2n) is 9.54. The number of aliphatic hydroxyl groups is 6. The van der Waals surface area contributed by atoms with E-state index in [1.165, 1.54) is 19.9 Å². The van der Waals surface area contributed by atoms with Gasteiger partial charge < -0.3 is 40.1 Å². The third-order valence-corrected chi connectivity index (χ3v) is 6.04. The van der Waals surface area contributed by atoms with Gasteiger partial charge in [0.25, 0.3) is 0 Å². The molecule has 0 aromatic heterocycles. The van der Waals surface area contributed by atoms with Gasteiger partial charge in [-0.25, -0.2) is 0 Å². The fraction of sp³-hybridized carbons (Fsp3) is 0.850. The molecule has 1 saturated carbocycles. The summed E-state index contributed by atoms with van der Waals surface area (Å²) in [6, 6.07) is 0. The fourth-order valence-corrected chi connectivity index (χ4v) is 4.57. The molecule has 1 aliphatic heterocycles. The van der Waals surface area contributed by atoms with Crippen LogP contribution in [0.3, 0.4) is 0 Å². The van der Waals surface area contributed by atoms with Crippen molar-refractivity contribution in [1.29, 1.82) is 0 Å². The van der Waals surface area contributed by atoms with Gasteiger partial charge in [0.1, 0.15) is 30.5 Å². The maximum Gasteiger partial charge on any atom is 0.187 e. The molecule has 0 bridgehead atoms. The maximum atomic E-state index is 13.2. The molecular weight excluding hydrogens is 384 g/mol. The van der Waals surface area contributed by atoms with Crippen molar-refractivity contribution in [3.63, 3.8) is 0 Å². The molecule has 0 unspecified atom stereocenters. The van der Waals surface area contributed by atoms with Crippen molar-refractivity contribution < 1.29 is 44.9 Å². The zero-order chi connectivity index (χ0) is 22.5. The molecule has 0 spiro atoms. The molecule has 1 saturated heterocycles. The van der Waals surface area contributed by atoms with Gasteiger partial charge in [-0.3, -0.25) is 4.79 Å². The molecule has 0 amide bonds. The van der Waals surface area contributed by atoms with Gasteiger partial charge in [0.15, 0.2) is 17.7 Å². The third kappa shape index (κ3) is 3.90. The standard InChI is InChI=1S/C20H34O9/c1-9(2)7-20(27)16(26)18(3,4)15(25)19(5,6)17(20)29-14-13(24)12(23)11(22)10(8-21)28-14/h7,10-15,17,21-25,27H,8H2,1-6H3/t10-,11-,12+,13-,14+,15-,17+,20+/m1/s1. The first-order valence-electron chi connectivity index (χ1n) is 9.69. The average Bonchev–Trinajstić information content (AvgIpc) is 2.62. The van der Waals surface area contributed by atoms with E-state index in [9.17, 15) is 35.4 Å². The number of hydrogen-bond donors (Lipinski definition) is 6. The number of rotatable bonds is 4. The van der Waals surface area contributed by atoms with E-state index < -0.39 is 71.7 Å². The summed E-state index contributed by atoms with van der Waals surface area (Å²) in [4.78, 5) is 13.2. The van der Waals surface area contributed by atoms with Gasteiger partial charge in [-0.1, -0.05) is 33.3 Å². The van der Waals surface area contributed by atoms with Gasteiger partial charge in [0, 0.05) is 5.41 Å². The van der Waals surface area contributed by atoms with Gasteiger partial charge in [-0.2, -0.15) is 0 Å². The molecule has 2 rings (SSSR count). The lowest BCUT2D eigenvalue weighted by Crippen LogP contribution is -2.72. The highest BCUT2D eigenvalue weighted by molar-refractivity contribution is 5.96. The van der Waals surface area contributed by atoms with Crippen LogP contribution in [0.25, 0.3) is 0 Å². The number of carbonyl (C=O) groups is 1. The predicted octanol–water partition coefficient (Wildman–Crippen LogP) is -1.14. The quantitative estimate of drug-likeness (QED) is 0.311. The van der Waals surface area contributed by atoms with Gasteiger partial charge >= 0.3 is 0 Å². The molecule has 29 heavy (non-hydrogen) atoms. The summed E-state index contributed by atoms with van der Waals surface area (Å²) < 4.78 is 11.2. The summed E-state index contributed by atoms with van der Waals surface area (Å²) in [5.74, 6) is -0.660. The number of carbonyl (C=O) groups excluding carboxylic acids is 1. The first-order chi connectivity index (χ1) is 13.1. The van der Waals surface area contributed by atoms with Crippen LogP contribution in [0.15, 0.2) is 11.6 Å². The Morgan fingerprint density at radius 3 is 2.10 bits per heavy atom. The minimum atomic E-state index is -2.15. The highest BCUT2D eigenvalue weighted by Crippen LogP contribution is 2.51.